The van der Waals surface area contributed by atoms with Crippen molar-refractivity contribution in [2.75, 3.05) is 45.4 Å². The lowest BCUT2D eigenvalue weighted by Crippen LogP contribution is -2.29. The van der Waals surface area contributed by atoms with Crippen molar-refractivity contribution in [3.8, 4) is 11.5 Å². The van der Waals surface area contributed by atoms with Gasteiger partial charge < -0.3 is 28.3 Å². The molecule has 0 radical (unpaired) electrons. The van der Waals surface area contributed by atoms with Crippen LogP contribution in [0.4, 0.5) is 6.01 Å². The van der Waals surface area contributed by atoms with Gasteiger partial charge in [-0.3, -0.25) is 0 Å². The van der Waals surface area contributed by atoms with Gasteiger partial charge in [-0.2, -0.15) is 4.98 Å². The van der Waals surface area contributed by atoms with Crippen molar-refractivity contribution >= 4 is 23.1 Å². The highest BCUT2D eigenvalue weighted by Gasteiger charge is 2.22. The van der Waals surface area contributed by atoms with Crippen molar-refractivity contribution < 1.29 is 28.2 Å². The first-order chi connectivity index (χ1) is 15.5. The fourth-order valence-corrected chi connectivity index (χ4v) is 3.25. The van der Waals surface area contributed by atoms with Gasteiger partial charge in [-0.25, -0.2) is 4.79 Å². The Balaban J connectivity index is 1.59. The summed E-state index contributed by atoms with van der Waals surface area (Å²) in [7, 11) is 3.49. The van der Waals surface area contributed by atoms with Gasteiger partial charge in [-0.1, -0.05) is 18.2 Å². The van der Waals surface area contributed by atoms with Crippen LogP contribution in [0.25, 0.3) is 11.1 Å². The quantitative estimate of drug-likeness (QED) is 0.391. The molecule has 0 amide bonds. The summed E-state index contributed by atoms with van der Waals surface area (Å²) < 4.78 is 27.8. The highest BCUT2D eigenvalue weighted by Crippen LogP contribution is 2.27. The summed E-state index contributed by atoms with van der Waals surface area (Å²) in [5.41, 5.74) is 2.42. The van der Waals surface area contributed by atoms with Crippen LogP contribution >= 0.6 is 0 Å². The number of anilines is 1. The number of methoxy groups -OCH3 is 1. The Labute approximate surface area is 188 Å². The molecule has 0 aliphatic rings. The van der Waals surface area contributed by atoms with Gasteiger partial charge in [-0.05, 0) is 37.6 Å². The van der Waals surface area contributed by atoms with Crippen LogP contribution in [-0.2, 0) is 20.7 Å². The maximum atomic E-state index is 12.2. The predicted octanol–water partition coefficient (Wildman–Crippen LogP) is 3.86. The Bertz CT molecular complexity index is 986. The molecule has 0 bridgehead atoms. The van der Waals surface area contributed by atoms with Crippen molar-refractivity contribution in [1.82, 2.24) is 4.98 Å². The molecule has 1 aromatic heterocycles. The SMILES string of the molecule is CCOC(=O)C(Cc1ccc(OCCN(C)c2nc3ccccc3o2)cc1OC)OCC. The molecule has 0 saturated carbocycles. The van der Waals surface area contributed by atoms with Gasteiger partial charge >= 0.3 is 5.97 Å². The van der Waals surface area contributed by atoms with Crippen LogP contribution in [0, 0.1) is 0 Å². The number of carbonyl (C=O) groups is 1. The molecule has 0 N–H and O–H groups in total. The second-order valence-corrected chi connectivity index (χ2v) is 7.11. The molecule has 1 atom stereocenters. The Kier molecular flexibility index (Phi) is 8.33. The number of nitrogens with zero attached hydrogens (tertiary/aromatic N) is 2. The van der Waals surface area contributed by atoms with E-state index in [4.69, 9.17) is 23.4 Å². The highest BCUT2D eigenvalue weighted by atomic mass is 16.6. The molecule has 0 spiro atoms. The first-order valence-corrected chi connectivity index (χ1v) is 10.7. The third-order valence-electron chi connectivity index (χ3n) is 4.89. The third kappa shape index (κ3) is 5.91. The van der Waals surface area contributed by atoms with Crippen molar-refractivity contribution in [2.45, 2.75) is 26.4 Å². The maximum absolute atomic E-state index is 12.2. The van der Waals surface area contributed by atoms with Gasteiger partial charge in [0.2, 0.25) is 0 Å². The number of hydrogen-bond acceptors (Lipinski definition) is 8. The third-order valence-corrected chi connectivity index (χ3v) is 4.89. The first-order valence-electron chi connectivity index (χ1n) is 10.7. The molecule has 8 heteroatoms. The van der Waals surface area contributed by atoms with Gasteiger partial charge in [0.1, 0.15) is 23.6 Å². The standard InChI is InChI=1S/C24H30N2O6/c1-5-29-22(23(27)30-6-2)15-17-11-12-18(16-21(17)28-4)31-14-13-26(3)24-25-19-9-7-8-10-20(19)32-24/h7-12,16,22H,5-6,13-15H2,1-4H3. The van der Waals surface area contributed by atoms with Crippen LogP contribution in [-0.4, -0.2) is 57.6 Å². The van der Waals surface area contributed by atoms with E-state index in [2.05, 4.69) is 4.98 Å². The zero-order valence-electron chi connectivity index (χ0n) is 19.0. The normalized spacial score (nSPS) is 11.9. The average Bonchev–Trinajstić information content (AvgIpc) is 3.24. The summed E-state index contributed by atoms with van der Waals surface area (Å²) in [4.78, 5) is 18.5. The summed E-state index contributed by atoms with van der Waals surface area (Å²) in [5, 5.41) is 0. The minimum atomic E-state index is -0.675. The number of oxazole rings is 1. The Hall–Kier alpha value is -3.26. The second kappa shape index (κ2) is 11.4. The number of carbonyl (C=O) groups excluding carboxylic acids is 1. The molecule has 2 aromatic carbocycles. The van der Waals surface area contributed by atoms with Crippen LogP contribution < -0.4 is 14.4 Å². The fourth-order valence-electron chi connectivity index (χ4n) is 3.25. The van der Waals surface area contributed by atoms with Crippen LogP contribution in [0.15, 0.2) is 46.9 Å². The van der Waals surface area contributed by atoms with Gasteiger partial charge in [0, 0.05) is 26.1 Å². The van der Waals surface area contributed by atoms with E-state index in [1.54, 1.807) is 14.0 Å². The number of likely N-dealkylation sites (N-methyl/N-ethyl adjacent to an activating group) is 1. The Morgan fingerprint density at radius 2 is 1.97 bits per heavy atom. The highest BCUT2D eigenvalue weighted by molar-refractivity contribution is 5.75. The van der Waals surface area contributed by atoms with E-state index in [9.17, 15) is 4.79 Å². The van der Waals surface area contributed by atoms with E-state index in [0.29, 0.717) is 50.3 Å². The van der Waals surface area contributed by atoms with Gasteiger partial charge in [0.15, 0.2) is 11.7 Å². The monoisotopic (exact) mass is 442 g/mol. The van der Waals surface area contributed by atoms with Crippen molar-refractivity contribution in [2.24, 2.45) is 0 Å². The number of aromatic nitrogens is 1. The van der Waals surface area contributed by atoms with E-state index >= 15 is 0 Å². The molecule has 1 unspecified atom stereocenters. The number of fused-ring (bicyclic) bond motifs is 1. The molecular weight excluding hydrogens is 412 g/mol. The summed E-state index contributed by atoms with van der Waals surface area (Å²) in [6.45, 7) is 5.37. The molecule has 0 aliphatic carbocycles. The number of ether oxygens (including phenoxy) is 4. The Morgan fingerprint density at radius 3 is 2.69 bits per heavy atom. The molecule has 0 fully saturated rings. The Morgan fingerprint density at radius 1 is 1.16 bits per heavy atom. The molecule has 1 heterocycles. The maximum Gasteiger partial charge on any atom is 0.335 e. The van der Waals surface area contributed by atoms with Crippen LogP contribution in [0.1, 0.15) is 19.4 Å². The lowest BCUT2D eigenvalue weighted by Gasteiger charge is -2.18. The van der Waals surface area contributed by atoms with E-state index in [-0.39, 0.29) is 5.97 Å². The molecular formula is C24H30N2O6. The van der Waals surface area contributed by atoms with Crippen LogP contribution in [0.3, 0.4) is 0 Å². The predicted molar refractivity (Wildman–Crippen MR) is 122 cm³/mol. The number of benzene rings is 2. The zero-order valence-corrected chi connectivity index (χ0v) is 19.0. The molecule has 32 heavy (non-hydrogen) atoms. The summed E-state index contributed by atoms with van der Waals surface area (Å²) in [5.74, 6) is 0.920. The van der Waals surface area contributed by atoms with Crippen molar-refractivity contribution in [3.63, 3.8) is 0 Å². The average molecular weight is 443 g/mol. The molecule has 3 rings (SSSR count). The van der Waals surface area contributed by atoms with Crippen LogP contribution in [0.5, 0.6) is 11.5 Å². The van der Waals surface area contributed by atoms with E-state index < -0.39 is 6.10 Å². The van der Waals surface area contributed by atoms with E-state index in [0.717, 1.165) is 16.7 Å². The largest absolute Gasteiger partial charge is 0.496 e. The smallest absolute Gasteiger partial charge is 0.335 e. The van der Waals surface area contributed by atoms with E-state index in [1.165, 1.54) is 0 Å². The molecule has 8 nitrogen and oxygen atoms in total. The lowest BCUT2D eigenvalue weighted by atomic mass is 10.1. The molecule has 172 valence electrons. The number of esters is 1. The number of hydrogen-bond donors (Lipinski definition) is 0. The first kappa shape index (κ1) is 23.4. The zero-order chi connectivity index (χ0) is 22.9. The number of para-hydroxylation sites is 2. The second-order valence-electron chi connectivity index (χ2n) is 7.11. The molecule has 3 aromatic rings. The minimum Gasteiger partial charge on any atom is -0.496 e. The summed E-state index contributed by atoms with van der Waals surface area (Å²) >= 11 is 0. The summed E-state index contributed by atoms with van der Waals surface area (Å²) in [6, 6.07) is 13.7. The molecule has 0 saturated heterocycles. The van der Waals surface area contributed by atoms with Crippen LogP contribution in [0.2, 0.25) is 0 Å². The summed E-state index contributed by atoms with van der Waals surface area (Å²) in [6.07, 6.45) is -0.318. The molecule has 0 aliphatic heterocycles. The van der Waals surface area contributed by atoms with Gasteiger partial charge in [0.25, 0.3) is 6.01 Å². The van der Waals surface area contributed by atoms with Gasteiger partial charge in [-0.15, -0.1) is 0 Å². The lowest BCUT2D eigenvalue weighted by molar-refractivity contribution is -0.156. The fraction of sp³-hybridized carbons (Fsp3) is 0.417. The minimum absolute atomic E-state index is 0.310. The van der Waals surface area contributed by atoms with E-state index in [1.807, 2.05) is 61.3 Å². The van der Waals surface area contributed by atoms with Crippen molar-refractivity contribution in [1.29, 1.82) is 0 Å². The van der Waals surface area contributed by atoms with Gasteiger partial charge in [0.05, 0.1) is 20.3 Å². The van der Waals surface area contributed by atoms with Crippen molar-refractivity contribution in [3.05, 3.63) is 48.0 Å². The number of rotatable bonds is 12. The topological polar surface area (TPSA) is 83.3 Å².